The van der Waals surface area contributed by atoms with Gasteiger partial charge in [-0.1, -0.05) is 129 Å². The number of benzene rings is 1. The number of imide groups is 1. The molecule has 1 N–H and O–H groups in total. The van der Waals surface area contributed by atoms with Crippen molar-refractivity contribution < 1.29 is 14.3 Å². The van der Waals surface area contributed by atoms with Crippen LogP contribution in [0.4, 0.5) is 0 Å². The number of hydrogen-bond acceptors (Lipinski definition) is 3. The number of carbonyl (C=O) groups excluding carboxylic acids is 2. The number of nitrogens with one attached hydrogen (secondary N) is 1. The monoisotopic (exact) mass is 501 g/mol. The lowest BCUT2D eigenvalue weighted by atomic mass is 10.1. The topological polar surface area (TPSA) is 55.4 Å². The largest absolute Gasteiger partial charge is 0.494 e. The average molecular weight is 502 g/mol. The highest BCUT2D eigenvalue weighted by molar-refractivity contribution is 6.04. The number of rotatable bonds is 24. The van der Waals surface area contributed by atoms with Crippen LogP contribution in [0.5, 0.6) is 5.75 Å². The van der Waals surface area contributed by atoms with Crippen LogP contribution < -0.4 is 10.1 Å². The Hall–Kier alpha value is -1.84. The van der Waals surface area contributed by atoms with Gasteiger partial charge in [0.05, 0.1) is 6.61 Å². The van der Waals surface area contributed by atoms with E-state index in [1.165, 1.54) is 109 Å². The van der Waals surface area contributed by atoms with Crippen LogP contribution in [0.3, 0.4) is 0 Å². The molecule has 0 fully saturated rings. The van der Waals surface area contributed by atoms with Crippen LogP contribution in [0, 0.1) is 0 Å². The highest BCUT2D eigenvalue weighted by atomic mass is 16.5. The van der Waals surface area contributed by atoms with Crippen LogP contribution >= 0.6 is 0 Å². The quantitative estimate of drug-likeness (QED) is 0.143. The smallest absolute Gasteiger partial charge is 0.257 e. The Kier molecular flexibility index (Phi) is 21.1. The zero-order chi connectivity index (χ0) is 26.1. The van der Waals surface area contributed by atoms with Crippen molar-refractivity contribution in [1.82, 2.24) is 5.32 Å². The second-order valence-corrected chi connectivity index (χ2v) is 10.4. The van der Waals surface area contributed by atoms with E-state index in [4.69, 9.17) is 4.74 Å². The van der Waals surface area contributed by atoms with Gasteiger partial charge in [-0.05, 0) is 37.1 Å². The number of amides is 2. The molecule has 0 saturated heterocycles. The first kappa shape index (κ1) is 32.2. The van der Waals surface area contributed by atoms with Gasteiger partial charge >= 0.3 is 0 Å². The van der Waals surface area contributed by atoms with E-state index in [9.17, 15) is 9.59 Å². The van der Waals surface area contributed by atoms with Crippen molar-refractivity contribution in [2.24, 2.45) is 0 Å². The maximum Gasteiger partial charge on any atom is 0.257 e. The Morgan fingerprint density at radius 1 is 0.583 bits per heavy atom. The maximum atomic E-state index is 12.3. The fourth-order valence-corrected chi connectivity index (χ4v) is 4.52. The summed E-state index contributed by atoms with van der Waals surface area (Å²) < 4.78 is 5.81. The van der Waals surface area contributed by atoms with E-state index >= 15 is 0 Å². The Bertz CT molecular complexity index is 656. The molecule has 1 aromatic rings. The van der Waals surface area contributed by atoms with Crippen molar-refractivity contribution in [2.45, 2.75) is 149 Å². The summed E-state index contributed by atoms with van der Waals surface area (Å²) in [5.74, 6) is 0.272. The van der Waals surface area contributed by atoms with Crippen molar-refractivity contribution in [3.05, 3.63) is 29.8 Å². The van der Waals surface area contributed by atoms with Crippen molar-refractivity contribution in [2.75, 3.05) is 6.61 Å². The molecule has 0 aromatic heterocycles. The van der Waals surface area contributed by atoms with Crippen LogP contribution in [-0.4, -0.2) is 18.4 Å². The van der Waals surface area contributed by atoms with E-state index in [0.717, 1.165) is 25.0 Å². The van der Waals surface area contributed by atoms with Gasteiger partial charge in [0, 0.05) is 12.0 Å². The predicted octanol–water partition coefficient (Wildman–Crippen LogP) is 9.55. The molecule has 4 heteroatoms. The summed E-state index contributed by atoms with van der Waals surface area (Å²) in [6.45, 7) is 5.21. The van der Waals surface area contributed by atoms with Gasteiger partial charge in [0.25, 0.3) is 5.91 Å². The standard InChI is InChI=1S/C32H55NO3/c1-3-5-7-9-11-13-15-17-19-21-23-31(34)33-32(35)29-24-26-30(27-25-29)36-28-22-20-18-16-14-12-10-8-6-4-2/h24-27H,3-23,28H2,1-2H3,(H,33,34,35). The van der Waals surface area contributed by atoms with Crippen molar-refractivity contribution in [3.8, 4) is 5.75 Å². The normalized spacial score (nSPS) is 10.9. The van der Waals surface area contributed by atoms with Gasteiger partial charge in [-0.3, -0.25) is 14.9 Å². The summed E-state index contributed by atoms with van der Waals surface area (Å²) in [7, 11) is 0. The molecule has 0 saturated carbocycles. The fraction of sp³-hybridized carbons (Fsp3) is 0.750. The highest BCUT2D eigenvalue weighted by Crippen LogP contribution is 2.15. The first-order chi connectivity index (χ1) is 17.7. The molecule has 206 valence electrons. The molecule has 4 nitrogen and oxygen atoms in total. The Morgan fingerprint density at radius 2 is 1.00 bits per heavy atom. The maximum absolute atomic E-state index is 12.3. The molecular formula is C32H55NO3. The molecule has 36 heavy (non-hydrogen) atoms. The lowest BCUT2D eigenvalue weighted by Crippen LogP contribution is -2.30. The van der Waals surface area contributed by atoms with E-state index in [0.29, 0.717) is 18.6 Å². The molecule has 0 aliphatic carbocycles. The van der Waals surface area contributed by atoms with E-state index < -0.39 is 0 Å². The highest BCUT2D eigenvalue weighted by Gasteiger charge is 2.10. The zero-order valence-corrected chi connectivity index (χ0v) is 23.6. The Morgan fingerprint density at radius 3 is 1.47 bits per heavy atom. The van der Waals surface area contributed by atoms with Crippen molar-refractivity contribution in [1.29, 1.82) is 0 Å². The first-order valence-electron chi connectivity index (χ1n) is 15.2. The third kappa shape index (κ3) is 18.4. The molecular weight excluding hydrogens is 446 g/mol. The second kappa shape index (κ2) is 23.6. The van der Waals surface area contributed by atoms with Crippen molar-refractivity contribution in [3.63, 3.8) is 0 Å². The summed E-state index contributed by atoms with van der Waals surface area (Å²) in [4.78, 5) is 24.4. The third-order valence-electron chi connectivity index (χ3n) is 6.89. The number of unbranched alkanes of at least 4 members (excludes halogenated alkanes) is 18. The summed E-state index contributed by atoms with van der Waals surface area (Å²) in [6, 6.07) is 7.10. The van der Waals surface area contributed by atoms with Crippen molar-refractivity contribution >= 4 is 11.8 Å². The van der Waals surface area contributed by atoms with E-state index in [1.54, 1.807) is 12.1 Å². The molecule has 0 aliphatic rings. The van der Waals surface area contributed by atoms with Crippen LogP contribution in [0.2, 0.25) is 0 Å². The summed E-state index contributed by atoms with van der Waals surface area (Å²) in [5.41, 5.74) is 0.498. The minimum atomic E-state index is -0.326. The average Bonchev–Trinajstić information content (AvgIpc) is 2.88. The summed E-state index contributed by atoms with van der Waals surface area (Å²) in [6.07, 6.45) is 25.8. The van der Waals surface area contributed by atoms with E-state index in [1.807, 2.05) is 12.1 Å². The van der Waals surface area contributed by atoms with Gasteiger partial charge in [0.2, 0.25) is 5.91 Å². The van der Waals surface area contributed by atoms with Crippen LogP contribution in [-0.2, 0) is 4.79 Å². The number of carbonyl (C=O) groups is 2. The lowest BCUT2D eigenvalue weighted by molar-refractivity contribution is -0.120. The van der Waals surface area contributed by atoms with Gasteiger partial charge in [-0.2, -0.15) is 0 Å². The molecule has 1 aromatic carbocycles. The van der Waals surface area contributed by atoms with Gasteiger partial charge in [0.15, 0.2) is 0 Å². The van der Waals surface area contributed by atoms with Gasteiger partial charge in [-0.25, -0.2) is 0 Å². The fourth-order valence-electron chi connectivity index (χ4n) is 4.52. The molecule has 0 heterocycles. The molecule has 0 bridgehead atoms. The number of hydrogen-bond donors (Lipinski definition) is 1. The molecule has 2 amide bonds. The first-order valence-corrected chi connectivity index (χ1v) is 15.2. The molecule has 0 aliphatic heterocycles. The van der Waals surface area contributed by atoms with Crippen LogP contribution in [0.15, 0.2) is 24.3 Å². The molecule has 1 rings (SSSR count). The van der Waals surface area contributed by atoms with Gasteiger partial charge < -0.3 is 4.74 Å². The SMILES string of the molecule is CCCCCCCCCCCCOc1ccc(C(=O)NC(=O)CCCCCCCCCCCC)cc1. The minimum Gasteiger partial charge on any atom is -0.494 e. The summed E-state index contributed by atoms with van der Waals surface area (Å²) in [5, 5.41) is 2.52. The molecule has 0 atom stereocenters. The second-order valence-electron chi connectivity index (χ2n) is 10.4. The van der Waals surface area contributed by atoms with Gasteiger partial charge in [0.1, 0.15) is 5.75 Å². The zero-order valence-electron chi connectivity index (χ0n) is 23.6. The lowest BCUT2D eigenvalue weighted by Gasteiger charge is -2.08. The van der Waals surface area contributed by atoms with Crippen LogP contribution in [0.25, 0.3) is 0 Å². The molecule has 0 radical (unpaired) electrons. The summed E-state index contributed by atoms with van der Waals surface area (Å²) >= 11 is 0. The Labute approximate surface area is 222 Å². The van der Waals surface area contributed by atoms with Gasteiger partial charge in [-0.15, -0.1) is 0 Å². The number of ether oxygens (including phenoxy) is 1. The predicted molar refractivity (Wildman–Crippen MR) is 153 cm³/mol. The van der Waals surface area contributed by atoms with E-state index in [-0.39, 0.29) is 11.8 Å². The Balaban J connectivity index is 2.04. The molecule has 0 spiro atoms. The van der Waals surface area contributed by atoms with E-state index in [2.05, 4.69) is 19.2 Å². The van der Waals surface area contributed by atoms with Crippen LogP contribution in [0.1, 0.15) is 159 Å². The molecule has 0 unspecified atom stereocenters. The minimum absolute atomic E-state index is 0.180. The third-order valence-corrected chi connectivity index (χ3v) is 6.89.